The topological polar surface area (TPSA) is 24.5 Å². The molecule has 3 nitrogen and oxygen atoms in total. The van der Waals surface area contributed by atoms with Gasteiger partial charge in [0.2, 0.25) is 0 Å². The lowest BCUT2D eigenvalue weighted by molar-refractivity contribution is 0.0605. The number of rotatable bonds is 4. The minimum atomic E-state index is 0. The van der Waals surface area contributed by atoms with E-state index in [9.17, 15) is 0 Å². The van der Waals surface area contributed by atoms with Gasteiger partial charge in [-0.15, -0.1) is 12.4 Å². The molecular weight excluding hydrogens is 212 g/mol. The Bertz CT molecular complexity index is 176. The summed E-state index contributed by atoms with van der Waals surface area (Å²) in [4.78, 5) is 2.53. The van der Waals surface area contributed by atoms with Gasteiger partial charge in [0, 0.05) is 44.7 Å². The van der Waals surface area contributed by atoms with Gasteiger partial charge >= 0.3 is 0 Å². The molecule has 0 aromatic carbocycles. The lowest BCUT2D eigenvalue weighted by Crippen LogP contribution is -2.52. The van der Waals surface area contributed by atoms with Gasteiger partial charge in [0.25, 0.3) is 0 Å². The van der Waals surface area contributed by atoms with Gasteiger partial charge in [0.05, 0.1) is 6.61 Å². The molecule has 0 aromatic heterocycles. The van der Waals surface area contributed by atoms with Gasteiger partial charge in [-0.2, -0.15) is 0 Å². The molecule has 1 heterocycles. The summed E-state index contributed by atoms with van der Waals surface area (Å²) in [7, 11) is 1.78. The first-order chi connectivity index (χ1) is 6.53. The highest BCUT2D eigenvalue weighted by Gasteiger charge is 2.24. The minimum Gasteiger partial charge on any atom is -0.384 e. The highest BCUT2D eigenvalue weighted by atomic mass is 35.5. The fourth-order valence-corrected chi connectivity index (χ4v) is 2.20. The molecule has 0 unspecified atom stereocenters. The minimum absolute atomic E-state index is 0. The lowest BCUT2D eigenvalue weighted by atomic mass is 9.93. The number of hydrogen-bond acceptors (Lipinski definition) is 3. The van der Waals surface area contributed by atoms with Gasteiger partial charge in [-0.05, 0) is 6.92 Å². The van der Waals surface area contributed by atoms with E-state index >= 15 is 0 Å². The van der Waals surface area contributed by atoms with E-state index in [-0.39, 0.29) is 17.8 Å². The van der Waals surface area contributed by atoms with Gasteiger partial charge in [-0.3, -0.25) is 4.90 Å². The molecule has 0 spiro atoms. The second-order valence-corrected chi connectivity index (χ2v) is 5.19. The summed E-state index contributed by atoms with van der Waals surface area (Å²) in [6.07, 6.45) is 0. The van der Waals surface area contributed by atoms with E-state index in [1.165, 1.54) is 0 Å². The number of piperazine rings is 1. The predicted molar refractivity (Wildman–Crippen MR) is 66.8 cm³/mol. The van der Waals surface area contributed by atoms with Crippen LogP contribution in [0, 0.1) is 5.41 Å². The van der Waals surface area contributed by atoms with E-state index < -0.39 is 0 Å². The molecule has 1 aliphatic heterocycles. The molecule has 0 bridgehead atoms. The molecule has 1 fully saturated rings. The Morgan fingerprint density at radius 2 is 2.13 bits per heavy atom. The highest BCUT2D eigenvalue weighted by molar-refractivity contribution is 5.85. The van der Waals surface area contributed by atoms with E-state index in [2.05, 4.69) is 31.0 Å². The van der Waals surface area contributed by atoms with E-state index in [4.69, 9.17) is 4.74 Å². The Labute approximate surface area is 100.0 Å². The molecule has 0 saturated carbocycles. The van der Waals surface area contributed by atoms with Crippen molar-refractivity contribution in [1.82, 2.24) is 10.2 Å². The number of nitrogens with zero attached hydrogens (tertiary/aromatic N) is 1. The molecule has 15 heavy (non-hydrogen) atoms. The van der Waals surface area contributed by atoms with Crippen LogP contribution in [0.3, 0.4) is 0 Å². The average Bonchev–Trinajstić information content (AvgIpc) is 2.02. The molecule has 0 radical (unpaired) electrons. The smallest absolute Gasteiger partial charge is 0.0525 e. The first-order valence-corrected chi connectivity index (χ1v) is 5.48. The third-order valence-electron chi connectivity index (χ3n) is 2.64. The van der Waals surface area contributed by atoms with E-state index in [0.717, 1.165) is 32.8 Å². The number of nitrogens with one attached hydrogen (secondary N) is 1. The van der Waals surface area contributed by atoms with Crippen LogP contribution in [-0.4, -0.2) is 50.8 Å². The van der Waals surface area contributed by atoms with Gasteiger partial charge < -0.3 is 10.1 Å². The van der Waals surface area contributed by atoms with E-state index in [0.29, 0.717) is 6.04 Å². The zero-order valence-corrected chi connectivity index (χ0v) is 11.2. The molecule has 0 aromatic rings. The van der Waals surface area contributed by atoms with Crippen LogP contribution >= 0.6 is 12.4 Å². The quantitative estimate of drug-likeness (QED) is 0.798. The number of methoxy groups -OCH3 is 1. The van der Waals surface area contributed by atoms with Gasteiger partial charge in [0.1, 0.15) is 0 Å². The van der Waals surface area contributed by atoms with E-state index in [1.54, 1.807) is 7.11 Å². The zero-order valence-electron chi connectivity index (χ0n) is 10.4. The van der Waals surface area contributed by atoms with Crippen LogP contribution in [-0.2, 0) is 4.74 Å². The Morgan fingerprint density at radius 1 is 1.47 bits per heavy atom. The van der Waals surface area contributed by atoms with Crippen LogP contribution in [0.5, 0.6) is 0 Å². The van der Waals surface area contributed by atoms with Crippen LogP contribution in [0.1, 0.15) is 20.8 Å². The highest BCUT2D eigenvalue weighted by Crippen LogP contribution is 2.17. The first kappa shape index (κ1) is 15.2. The number of halogens is 1. The summed E-state index contributed by atoms with van der Waals surface area (Å²) < 4.78 is 5.23. The molecular formula is C11H25ClN2O. The second kappa shape index (κ2) is 6.69. The standard InChI is InChI=1S/C11H24N2O.ClH/c1-10-7-13(6-5-12-10)8-11(2,3)9-14-4;/h10,12H,5-9H2,1-4H3;1H/t10-;/m0./s1. The van der Waals surface area contributed by atoms with Crippen molar-refractivity contribution in [3.63, 3.8) is 0 Å². The van der Waals surface area contributed by atoms with Gasteiger partial charge in [0.15, 0.2) is 0 Å². The molecule has 1 rings (SSSR count). The number of ether oxygens (including phenoxy) is 1. The first-order valence-electron chi connectivity index (χ1n) is 5.48. The molecule has 0 amide bonds. The normalized spacial score (nSPS) is 23.6. The van der Waals surface area contributed by atoms with Crippen molar-refractivity contribution < 1.29 is 4.74 Å². The van der Waals surface area contributed by atoms with Crippen molar-refractivity contribution >= 4 is 12.4 Å². The summed E-state index contributed by atoms with van der Waals surface area (Å²) in [5.74, 6) is 0. The summed E-state index contributed by atoms with van der Waals surface area (Å²) in [6, 6.07) is 0.627. The molecule has 1 aliphatic rings. The summed E-state index contributed by atoms with van der Waals surface area (Å²) in [5, 5.41) is 3.46. The monoisotopic (exact) mass is 236 g/mol. The van der Waals surface area contributed by atoms with Crippen LogP contribution in [0.4, 0.5) is 0 Å². The number of hydrogen-bond donors (Lipinski definition) is 1. The SMILES string of the molecule is COCC(C)(C)CN1CCN[C@@H](C)C1.Cl. The Balaban J connectivity index is 0.00000196. The van der Waals surface area contributed by atoms with Crippen molar-refractivity contribution in [1.29, 1.82) is 0 Å². The molecule has 1 saturated heterocycles. The van der Waals surface area contributed by atoms with Gasteiger partial charge in [-0.1, -0.05) is 13.8 Å². The maximum atomic E-state index is 5.23. The Kier molecular flexibility index (Phi) is 6.76. The molecule has 1 atom stereocenters. The average molecular weight is 237 g/mol. The molecule has 92 valence electrons. The van der Waals surface area contributed by atoms with Crippen LogP contribution in [0.2, 0.25) is 0 Å². The Hall–Kier alpha value is 0.170. The summed E-state index contributed by atoms with van der Waals surface area (Å²) in [6.45, 7) is 12.2. The molecule has 4 heteroatoms. The van der Waals surface area contributed by atoms with Crippen LogP contribution < -0.4 is 5.32 Å². The van der Waals surface area contributed by atoms with E-state index in [1.807, 2.05) is 0 Å². The fraction of sp³-hybridized carbons (Fsp3) is 1.00. The Morgan fingerprint density at radius 3 is 2.67 bits per heavy atom. The third-order valence-corrected chi connectivity index (χ3v) is 2.64. The fourth-order valence-electron chi connectivity index (χ4n) is 2.20. The van der Waals surface area contributed by atoms with Crippen molar-refractivity contribution in [2.24, 2.45) is 5.41 Å². The summed E-state index contributed by atoms with van der Waals surface area (Å²) >= 11 is 0. The van der Waals surface area contributed by atoms with Crippen molar-refractivity contribution in [2.45, 2.75) is 26.8 Å². The largest absolute Gasteiger partial charge is 0.384 e. The maximum absolute atomic E-state index is 5.23. The predicted octanol–water partition coefficient (Wildman–Crippen LogP) is 1.37. The van der Waals surface area contributed by atoms with Gasteiger partial charge in [-0.25, -0.2) is 0 Å². The zero-order chi connectivity index (χ0) is 10.6. The lowest BCUT2D eigenvalue weighted by Gasteiger charge is -2.37. The van der Waals surface area contributed by atoms with Crippen molar-refractivity contribution in [3.05, 3.63) is 0 Å². The third kappa shape index (κ3) is 5.71. The molecule has 1 N–H and O–H groups in total. The van der Waals surface area contributed by atoms with Crippen molar-refractivity contribution in [2.75, 3.05) is 39.9 Å². The molecule has 0 aliphatic carbocycles. The maximum Gasteiger partial charge on any atom is 0.0525 e. The summed E-state index contributed by atoms with van der Waals surface area (Å²) in [5.41, 5.74) is 0.270. The van der Waals surface area contributed by atoms with Crippen LogP contribution in [0.25, 0.3) is 0 Å². The van der Waals surface area contributed by atoms with Crippen LogP contribution in [0.15, 0.2) is 0 Å². The van der Waals surface area contributed by atoms with Crippen molar-refractivity contribution in [3.8, 4) is 0 Å². The second-order valence-electron chi connectivity index (χ2n) is 5.19.